The highest BCUT2D eigenvalue weighted by molar-refractivity contribution is 14.0. The molecule has 2 fully saturated rings. The quantitative estimate of drug-likeness (QED) is 0.348. The maximum atomic E-state index is 5.58. The molecule has 7 nitrogen and oxygen atoms in total. The fourth-order valence-electron chi connectivity index (χ4n) is 4.11. The summed E-state index contributed by atoms with van der Waals surface area (Å²) in [5, 5.41) is 11.1. The number of hydrogen-bond donors (Lipinski definition) is 2. The van der Waals surface area contributed by atoms with Crippen molar-refractivity contribution >= 4 is 29.9 Å². The van der Waals surface area contributed by atoms with Crippen LogP contribution in [-0.2, 0) is 11.3 Å². The second kappa shape index (κ2) is 11.9. The molecular weight excluding hydrogens is 455 g/mol. The van der Waals surface area contributed by atoms with Crippen LogP contribution in [0, 0.1) is 0 Å². The second-order valence-electron chi connectivity index (χ2n) is 7.28. The maximum absolute atomic E-state index is 5.58. The molecule has 1 aliphatic carbocycles. The summed E-state index contributed by atoms with van der Waals surface area (Å²) in [4.78, 5) is 7.63. The Morgan fingerprint density at radius 1 is 1.19 bits per heavy atom. The van der Waals surface area contributed by atoms with Gasteiger partial charge < -0.3 is 15.4 Å². The van der Waals surface area contributed by atoms with Gasteiger partial charge in [-0.3, -0.25) is 14.6 Å². The Labute approximate surface area is 180 Å². The average Bonchev–Trinajstić information content (AvgIpc) is 3.21. The average molecular weight is 490 g/mol. The maximum Gasteiger partial charge on any atom is 0.191 e. The number of nitrogens with one attached hydrogen (secondary N) is 2. The number of halogens is 1. The van der Waals surface area contributed by atoms with Crippen LogP contribution in [0.2, 0.25) is 0 Å². The second-order valence-corrected chi connectivity index (χ2v) is 7.28. The molecule has 0 radical (unpaired) electrons. The summed E-state index contributed by atoms with van der Waals surface area (Å²) in [5.41, 5.74) is 0.215. The highest BCUT2D eigenvalue weighted by atomic mass is 127. The summed E-state index contributed by atoms with van der Waals surface area (Å²) < 4.78 is 7.52. The molecule has 1 saturated heterocycles. The van der Waals surface area contributed by atoms with Crippen molar-refractivity contribution < 1.29 is 4.74 Å². The third-order valence-electron chi connectivity index (χ3n) is 5.53. The van der Waals surface area contributed by atoms with Gasteiger partial charge in [0.15, 0.2) is 5.96 Å². The molecule has 0 amide bonds. The smallest absolute Gasteiger partial charge is 0.191 e. The van der Waals surface area contributed by atoms with Gasteiger partial charge in [0.05, 0.1) is 26.3 Å². The molecular formula is C19H35IN6O. The minimum Gasteiger partial charge on any atom is -0.379 e. The van der Waals surface area contributed by atoms with E-state index in [1.54, 1.807) is 0 Å². The predicted molar refractivity (Wildman–Crippen MR) is 120 cm³/mol. The minimum atomic E-state index is 0. The van der Waals surface area contributed by atoms with Crippen molar-refractivity contribution in [2.45, 2.75) is 51.1 Å². The SMILES string of the molecule is CCNC(=NCC1(N2CCOCC2)CCCCC1)NCCn1cccn1.I. The van der Waals surface area contributed by atoms with E-state index in [1.807, 2.05) is 23.1 Å². The molecule has 154 valence electrons. The molecule has 2 aliphatic rings. The molecule has 0 atom stereocenters. The van der Waals surface area contributed by atoms with E-state index in [0.717, 1.165) is 58.4 Å². The first-order valence-corrected chi connectivity index (χ1v) is 10.1. The topological polar surface area (TPSA) is 66.7 Å². The molecule has 0 bridgehead atoms. The van der Waals surface area contributed by atoms with Crippen LogP contribution in [0.25, 0.3) is 0 Å². The molecule has 27 heavy (non-hydrogen) atoms. The molecule has 8 heteroatoms. The molecule has 1 aromatic rings. The molecule has 0 unspecified atom stereocenters. The normalized spacial score (nSPS) is 20.7. The lowest BCUT2D eigenvalue weighted by atomic mass is 9.80. The van der Waals surface area contributed by atoms with Crippen LogP contribution >= 0.6 is 24.0 Å². The van der Waals surface area contributed by atoms with Crippen molar-refractivity contribution in [3.8, 4) is 0 Å². The summed E-state index contributed by atoms with van der Waals surface area (Å²) in [5.74, 6) is 0.915. The molecule has 2 heterocycles. The van der Waals surface area contributed by atoms with Crippen LogP contribution < -0.4 is 10.6 Å². The molecule has 0 spiro atoms. The zero-order valence-electron chi connectivity index (χ0n) is 16.5. The van der Waals surface area contributed by atoms with Crippen LogP contribution in [-0.4, -0.2) is 72.1 Å². The minimum absolute atomic E-state index is 0. The first-order chi connectivity index (χ1) is 12.8. The summed E-state index contributed by atoms with van der Waals surface area (Å²) in [7, 11) is 0. The third kappa shape index (κ3) is 6.60. The van der Waals surface area contributed by atoms with Gasteiger partial charge in [-0.1, -0.05) is 19.3 Å². The van der Waals surface area contributed by atoms with Gasteiger partial charge in [0, 0.05) is 44.1 Å². The van der Waals surface area contributed by atoms with E-state index in [-0.39, 0.29) is 29.5 Å². The number of aromatic nitrogens is 2. The van der Waals surface area contributed by atoms with Gasteiger partial charge in [-0.25, -0.2) is 0 Å². The monoisotopic (exact) mass is 490 g/mol. The lowest BCUT2D eigenvalue weighted by Gasteiger charge is -2.47. The third-order valence-corrected chi connectivity index (χ3v) is 5.53. The van der Waals surface area contributed by atoms with Crippen molar-refractivity contribution in [1.29, 1.82) is 0 Å². The van der Waals surface area contributed by atoms with Gasteiger partial charge in [0.25, 0.3) is 0 Å². The Balaban J connectivity index is 0.00000261. The van der Waals surface area contributed by atoms with Crippen molar-refractivity contribution in [2.24, 2.45) is 4.99 Å². The van der Waals surface area contributed by atoms with E-state index in [9.17, 15) is 0 Å². The summed E-state index contributed by atoms with van der Waals surface area (Å²) in [6.07, 6.45) is 10.3. The summed E-state index contributed by atoms with van der Waals surface area (Å²) in [6.45, 7) is 9.30. The Morgan fingerprint density at radius 3 is 2.63 bits per heavy atom. The van der Waals surface area contributed by atoms with Crippen LogP contribution in [0.3, 0.4) is 0 Å². The molecule has 1 aliphatic heterocycles. The van der Waals surface area contributed by atoms with Crippen LogP contribution in [0.4, 0.5) is 0 Å². The number of hydrogen-bond acceptors (Lipinski definition) is 4. The van der Waals surface area contributed by atoms with E-state index >= 15 is 0 Å². The number of guanidine groups is 1. The van der Waals surface area contributed by atoms with E-state index in [1.165, 1.54) is 32.1 Å². The first-order valence-electron chi connectivity index (χ1n) is 10.1. The van der Waals surface area contributed by atoms with Crippen molar-refractivity contribution in [3.63, 3.8) is 0 Å². The van der Waals surface area contributed by atoms with Crippen molar-refractivity contribution in [3.05, 3.63) is 18.5 Å². The highest BCUT2D eigenvalue weighted by Gasteiger charge is 2.38. The van der Waals surface area contributed by atoms with E-state index in [4.69, 9.17) is 9.73 Å². The number of morpholine rings is 1. The van der Waals surface area contributed by atoms with Gasteiger partial charge in [-0.05, 0) is 25.8 Å². The van der Waals surface area contributed by atoms with Crippen molar-refractivity contribution in [1.82, 2.24) is 25.3 Å². The molecule has 0 aromatic carbocycles. The van der Waals surface area contributed by atoms with Gasteiger partial charge in [-0.15, -0.1) is 24.0 Å². The zero-order valence-corrected chi connectivity index (χ0v) is 18.9. The van der Waals surface area contributed by atoms with E-state index in [2.05, 4.69) is 27.6 Å². The largest absolute Gasteiger partial charge is 0.379 e. The number of aliphatic imine (C=N–C) groups is 1. The molecule has 1 saturated carbocycles. The molecule has 2 N–H and O–H groups in total. The van der Waals surface area contributed by atoms with Gasteiger partial charge >= 0.3 is 0 Å². The summed E-state index contributed by atoms with van der Waals surface area (Å²) >= 11 is 0. The zero-order chi connectivity index (χ0) is 18.1. The highest BCUT2D eigenvalue weighted by Crippen LogP contribution is 2.34. The van der Waals surface area contributed by atoms with Crippen LogP contribution in [0.1, 0.15) is 39.0 Å². The Bertz CT molecular complexity index is 538. The number of rotatable bonds is 7. The molecule has 1 aromatic heterocycles. The van der Waals surface area contributed by atoms with Gasteiger partial charge in [0.2, 0.25) is 0 Å². The van der Waals surface area contributed by atoms with E-state index < -0.39 is 0 Å². The predicted octanol–water partition coefficient (Wildman–Crippen LogP) is 2.09. The standard InChI is InChI=1S/C19H34N6O.HI/c1-2-20-18(21-10-12-25-11-6-9-23-25)22-17-19(7-4-3-5-8-19)24-13-15-26-16-14-24;/h6,9,11H,2-5,7-8,10,12-17H2,1H3,(H2,20,21,22);1H. The van der Waals surface area contributed by atoms with Gasteiger partial charge in [0.1, 0.15) is 0 Å². The number of nitrogens with zero attached hydrogens (tertiary/aromatic N) is 4. The number of ether oxygens (including phenoxy) is 1. The first kappa shape index (κ1) is 22.4. The molecule has 3 rings (SSSR count). The fraction of sp³-hybridized carbons (Fsp3) is 0.789. The lowest BCUT2D eigenvalue weighted by Crippen LogP contribution is -2.56. The Kier molecular flexibility index (Phi) is 9.84. The Hall–Kier alpha value is -0.870. The van der Waals surface area contributed by atoms with E-state index in [0.29, 0.717) is 0 Å². The van der Waals surface area contributed by atoms with Crippen molar-refractivity contribution in [2.75, 3.05) is 45.9 Å². The fourth-order valence-corrected chi connectivity index (χ4v) is 4.11. The van der Waals surface area contributed by atoms with Crippen LogP contribution in [0.5, 0.6) is 0 Å². The van der Waals surface area contributed by atoms with Gasteiger partial charge in [-0.2, -0.15) is 5.10 Å². The lowest BCUT2D eigenvalue weighted by molar-refractivity contribution is -0.0333. The van der Waals surface area contributed by atoms with Crippen LogP contribution in [0.15, 0.2) is 23.5 Å². The summed E-state index contributed by atoms with van der Waals surface area (Å²) in [6, 6.07) is 1.95. The Morgan fingerprint density at radius 2 is 1.96 bits per heavy atom.